The van der Waals surface area contributed by atoms with E-state index in [0.29, 0.717) is 6.04 Å². The van der Waals surface area contributed by atoms with Gasteiger partial charge < -0.3 is 4.90 Å². The molecule has 0 aliphatic heterocycles. The van der Waals surface area contributed by atoms with Gasteiger partial charge in [-0.05, 0) is 44.4 Å². The summed E-state index contributed by atoms with van der Waals surface area (Å²) in [6.45, 7) is 7.53. The van der Waals surface area contributed by atoms with Crippen LogP contribution >= 0.6 is 0 Å². The van der Waals surface area contributed by atoms with Gasteiger partial charge in [-0.2, -0.15) is 0 Å². The van der Waals surface area contributed by atoms with Crippen molar-refractivity contribution in [2.24, 2.45) is 0 Å². The Kier molecular flexibility index (Phi) is 8.71. The van der Waals surface area contributed by atoms with Gasteiger partial charge in [0.05, 0.1) is 6.04 Å². The van der Waals surface area contributed by atoms with Crippen LogP contribution in [0.3, 0.4) is 0 Å². The zero-order valence-electron chi connectivity index (χ0n) is 11.2. The summed E-state index contributed by atoms with van der Waals surface area (Å²) in [4.78, 5) is 2.15. The molecule has 16 heavy (non-hydrogen) atoms. The van der Waals surface area contributed by atoms with Crippen LogP contribution in [0, 0.1) is 0 Å². The maximum atomic E-state index is 3.83. The molecular formula is C11H25N5. The average molecular weight is 227 g/mol. The Morgan fingerprint density at radius 2 is 1.88 bits per heavy atom. The van der Waals surface area contributed by atoms with Gasteiger partial charge in [0.25, 0.3) is 0 Å². The van der Waals surface area contributed by atoms with Gasteiger partial charge >= 0.3 is 0 Å². The minimum Gasteiger partial charge on any atom is -0.309 e. The van der Waals surface area contributed by atoms with Crippen LogP contribution in [-0.4, -0.2) is 45.7 Å². The van der Waals surface area contributed by atoms with Gasteiger partial charge in [0.15, 0.2) is 0 Å². The summed E-state index contributed by atoms with van der Waals surface area (Å²) < 4.78 is 1.78. The van der Waals surface area contributed by atoms with Crippen LogP contribution in [-0.2, 0) is 0 Å². The zero-order chi connectivity index (χ0) is 12.4. The Balaban J connectivity index is 0.000000487. The lowest BCUT2D eigenvalue weighted by Gasteiger charge is -2.13. The minimum absolute atomic E-state index is 0.377. The van der Waals surface area contributed by atoms with Crippen molar-refractivity contribution >= 4 is 0 Å². The van der Waals surface area contributed by atoms with Gasteiger partial charge in [0, 0.05) is 0 Å². The summed E-state index contributed by atoms with van der Waals surface area (Å²) in [6.07, 6.45) is 5.36. The molecule has 1 aromatic heterocycles. The van der Waals surface area contributed by atoms with E-state index in [1.165, 1.54) is 12.8 Å². The fourth-order valence-corrected chi connectivity index (χ4v) is 0.948. The molecule has 0 fully saturated rings. The summed E-state index contributed by atoms with van der Waals surface area (Å²) in [5.74, 6) is 0. The van der Waals surface area contributed by atoms with E-state index in [1.54, 1.807) is 11.0 Å². The first-order valence-electron chi connectivity index (χ1n) is 5.99. The molecule has 0 saturated carbocycles. The SMILES string of the molecule is CC(CCN(C)C)n1cnnn1.CCCC. The predicted octanol–water partition coefficient (Wildman–Crippen LogP) is 1.99. The molecule has 0 aliphatic carbocycles. The van der Waals surface area contributed by atoms with Crippen molar-refractivity contribution in [2.45, 2.75) is 46.1 Å². The molecule has 1 unspecified atom stereocenters. The van der Waals surface area contributed by atoms with E-state index < -0.39 is 0 Å². The van der Waals surface area contributed by atoms with Crippen LogP contribution in [0.25, 0.3) is 0 Å². The molecule has 0 radical (unpaired) electrons. The molecule has 0 saturated heterocycles. The van der Waals surface area contributed by atoms with Crippen LogP contribution in [0.1, 0.15) is 46.1 Å². The molecule has 0 spiro atoms. The highest BCUT2D eigenvalue weighted by Crippen LogP contribution is 2.06. The number of rotatable bonds is 5. The van der Waals surface area contributed by atoms with E-state index in [9.17, 15) is 0 Å². The second kappa shape index (κ2) is 9.27. The average Bonchev–Trinajstić information content (AvgIpc) is 2.79. The van der Waals surface area contributed by atoms with E-state index >= 15 is 0 Å². The standard InChI is InChI=1S/C7H15N5.C4H10/c1-7(4-5-11(2)3)12-6-8-9-10-12;1-3-4-2/h6-7H,4-5H2,1-3H3;3-4H2,1-2H3. The number of tetrazole rings is 1. The molecule has 94 valence electrons. The highest BCUT2D eigenvalue weighted by molar-refractivity contribution is 4.61. The van der Waals surface area contributed by atoms with Gasteiger partial charge in [-0.25, -0.2) is 4.68 Å². The second-order valence-corrected chi connectivity index (χ2v) is 4.23. The second-order valence-electron chi connectivity index (χ2n) is 4.23. The smallest absolute Gasteiger partial charge is 0.138 e. The van der Waals surface area contributed by atoms with E-state index in [1.807, 2.05) is 0 Å². The summed E-state index contributed by atoms with van der Waals surface area (Å²) >= 11 is 0. The molecule has 1 rings (SSSR count). The largest absolute Gasteiger partial charge is 0.309 e. The normalized spacial score (nSPS) is 12.1. The third-order valence-corrected chi connectivity index (χ3v) is 2.31. The third kappa shape index (κ3) is 7.34. The number of hydrogen-bond acceptors (Lipinski definition) is 4. The highest BCUT2D eigenvalue weighted by Gasteiger charge is 2.05. The molecule has 0 aromatic carbocycles. The maximum absolute atomic E-state index is 3.83. The Morgan fingerprint density at radius 3 is 2.25 bits per heavy atom. The molecule has 0 N–H and O–H groups in total. The molecule has 1 aromatic rings. The Morgan fingerprint density at radius 1 is 1.25 bits per heavy atom. The summed E-state index contributed by atoms with van der Waals surface area (Å²) in [5, 5.41) is 11.0. The molecule has 1 heterocycles. The molecule has 5 heteroatoms. The fraction of sp³-hybridized carbons (Fsp3) is 0.909. The van der Waals surface area contributed by atoms with Crippen LogP contribution in [0.5, 0.6) is 0 Å². The number of aromatic nitrogens is 4. The van der Waals surface area contributed by atoms with Crippen LogP contribution in [0.4, 0.5) is 0 Å². The minimum atomic E-state index is 0.377. The summed E-state index contributed by atoms with van der Waals surface area (Å²) in [5.41, 5.74) is 0. The van der Waals surface area contributed by atoms with Gasteiger partial charge in [0.1, 0.15) is 6.33 Å². The van der Waals surface area contributed by atoms with Crippen molar-refractivity contribution < 1.29 is 0 Å². The fourth-order valence-electron chi connectivity index (χ4n) is 0.948. The maximum Gasteiger partial charge on any atom is 0.138 e. The predicted molar refractivity (Wildman–Crippen MR) is 66.3 cm³/mol. The lowest BCUT2D eigenvalue weighted by atomic mass is 10.2. The van der Waals surface area contributed by atoms with E-state index in [0.717, 1.165) is 13.0 Å². The van der Waals surface area contributed by atoms with Crippen molar-refractivity contribution in [1.82, 2.24) is 25.1 Å². The van der Waals surface area contributed by atoms with E-state index in [2.05, 4.69) is 55.3 Å². The van der Waals surface area contributed by atoms with Gasteiger partial charge in [0.2, 0.25) is 0 Å². The molecular weight excluding hydrogens is 202 g/mol. The molecule has 0 aliphatic rings. The van der Waals surface area contributed by atoms with Crippen molar-refractivity contribution in [3.63, 3.8) is 0 Å². The Hall–Kier alpha value is -0.970. The van der Waals surface area contributed by atoms with E-state index in [-0.39, 0.29) is 0 Å². The number of hydrogen-bond donors (Lipinski definition) is 0. The van der Waals surface area contributed by atoms with Crippen molar-refractivity contribution in [2.75, 3.05) is 20.6 Å². The monoisotopic (exact) mass is 227 g/mol. The zero-order valence-corrected chi connectivity index (χ0v) is 11.2. The first-order valence-corrected chi connectivity index (χ1v) is 5.99. The Bertz CT molecular complexity index is 231. The highest BCUT2D eigenvalue weighted by atomic mass is 15.5. The van der Waals surface area contributed by atoms with Crippen LogP contribution in [0.2, 0.25) is 0 Å². The number of unbranched alkanes of at least 4 members (excludes halogenated alkanes) is 1. The lowest BCUT2D eigenvalue weighted by Crippen LogP contribution is -2.17. The topological polar surface area (TPSA) is 46.8 Å². The molecule has 0 amide bonds. The number of nitrogens with zero attached hydrogens (tertiary/aromatic N) is 5. The molecule has 1 atom stereocenters. The van der Waals surface area contributed by atoms with Crippen molar-refractivity contribution in [3.8, 4) is 0 Å². The molecule has 5 nitrogen and oxygen atoms in total. The molecule has 0 bridgehead atoms. The van der Waals surface area contributed by atoms with Gasteiger partial charge in [-0.1, -0.05) is 26.7 Å². The summed E-state index contributed by atoms with van der Waals surface area (Å²) in [7, 11) is 4.12. The lowest BCUT2D eigenvalue weighted by molar-refractivity contribution is 0.343. The van der Waals surface area contributed by atoms with Crippen molar-refractivity contribution in [3.05, 3.63) is 6.33 Å². The third-order valence-electron chi connectivity index (χ3n) is 2.31. The van der Waals surface area contributed by atoms with Crippen LogP contribution < -0.4 is 0 Å². The van der Waals surface area contributed by atoms with Gasteiger partial charge in [-0.3, -0.25) is 0 Å². The quantitative estimate of drug-likeness (QED) is 0.772. The van der Waals surface area contributed by atoms with Crippen molar-refractivity contribution in [1.29, 1.82) is 0 Å². The van der Waals surface area contributed by atoms with E-state index in [4.69, 9.17) is 0 Å². The first kappa shape index (κ1) is 15.0. The first-order chi connectivity index (χ1) is 7.61. The van der Waals surface area contributed by atoms with Gasteiger partial charge in [-0.15, -0.1) is 5.10 Å². The van der Waals surface area contributed by atoms with Crippen LogP contribution in [0.15, 0.2) is 6.33 Å². The summed E-state index contributed by atoms with van der Waals surface area (Å²) in [6, 6.07) is 0.377. The Labute approximate surface area is 98.8 Å².